The molecule has 8 nitrogen and oxygen atoms in total. The lowest BCUT2D eigenvalue weighted by atomic mass is 9.80. The Kier molecular flexibility index (Phi) is 8.02. The van der Waals surface area contributed by atoms with Crippen molar-refractivity contribution in [3.8, 4) is 0 Å². The third kappa shape index (κ3) is 6.42. The Morgan fingerprint density at radius 2 is 1.59 bits per heavy atom. The first-order valence-electron chi connectivity index (χ1n) is 10.8. The van der Waals surface area contributed by atoms with Crippen molar-refractivity contribution in [1.82, 2.24) is 4.90 Å². The van der Waals surface area contributed by atoms with E-state index in [9.17, 15) is 19.6 Å². The Balaban J connectivity index is 1.71. The van der Waals surface area contributed by atoms with Gasteiger partial charge >= 0.3 is 7.12 Å². The lowest BCUT2D eigenvalue weighted by molar-refractivity contribution is -0.117. The lowest BCUT2D eigenvalue weighted by Gasteiger charge is -2.29. The van der Waals surface area contributed by atoms with E-state index in [0.29, 0.717) is 34.7 Å². The maximum Gasteiger partial charge on any atom is 0.488 e. The maximum atomic E-state index is 13.2. The van der Waals surface area contributed by atoms with Crippen LogP contribution in [0.15, 0.2) is 48.5 Å². The highest BCUT2D eigenvalue weighted by Gasteiger charge is 2.24. The highest BCUT2D eigenvalue weighted by molar-refractivity contribution is 6.58. The van der Waals surface area contributed by atoms with E-state index in [-0.39, 0.29) is 24.2 Å². The molecule has 0 saturated heterocycles. The van der Waals surface area contributed by atoms with E-state index < -0.39 is 7.12 Å². The van der Waals surface area contributed by atoms with Crippen LogP contribution in [0.5, 0.6) is 0 Å². The van der Waals surface area contributed by atoms with E-state index in [1.807, 2.05) is 0 Å². The van der Waals surface area contributed by atoms with Gasteiger partial charge in [0, 0.05) is 23.4 Å². The second-order valence-corrected chi connectivity index (χ2v) is 8.22. The molecule has 0 aromatic heterocycles. The zero-order chi connectivity index (χ0) is 23.1. The molecule has 32 heavy (non-hydrogen) atoms. The van der Waals surface area contributed by atoms with E-state index in [1.165, 1.54) is 18.6 Å². The van der Waals surface area contributed by atoms with Gasteiger partial charge in [-0.3, -0.25) is 15.0 Å². The molecule has 1 fully saturated rings. The number of rotatable bonds is 8. The third-order valence-electron chi connectivity index (χ3n) is 5.76. The minimum absolute atomic E-state index is 0.0492. The number of nitrogens with two attached hydrogens (primary N) is 1. The largest absolute Gasteiger partial charge is 0.488 e. The Morgan fingerprint density at radius 1 is 1.00 bits per heavy atom. The molecule has 0 bridgehead atoms. The monoisotopic (exact) mass is 436 g/mol. The Hall–Kier alpha value is -3.17. The molecular weight excluding hydrogens is 407 g/mol. The summed E-state index contributed by atoms with van der Waals surface area (Å²) in [7, 11) is -1.60. The zero-order valence-corrected chi connectivity index (χ0v) is 18.0. The molecule has 0 unspecified atom stereocenters. The summed E-state index contributed by atoms with van der Waals surface area (Å²) in [6, 6.07) is 12.7. The number of benzene rings is 2. The molecule has 6 N–H and O–H groups in total. The fourth-order valence-electron chi connectivity index (χ4n) is 3.99. The fraction of sp³-hybridized carbons (Fsp3) is 0.348. The summed E-state index contributed by atoms with van der Waals surface area (Å²) >= 11 is 0. The fourth-order valence-corrected chi connectivity index (χ4v) is 3.99. The number of amidine groups is 1. The number of nitrogen functional groups attached to an aromatic ring is 1. The molecule has 3 rings (SSSR count). The first-order chi connectivity index (χ1) is 15.3. The van der Waals surface area contributed by atoms with Crippen LogP contribution in [0, 0.1) is 11.3 Å². The average Bonchev–Trinajstić information content (AvgIpc) is 2.79. The number of carbonyl (C=O) groups excluding carboxylic acids is 2. The summed E-state index contributed by atoms with van der Waals surface area (Å²) in [5.74, 6) is -0.274. The molecule has 1 aliphatic carbocycles. The Morgan fingerprint density at radius 3 is 2.16 bits per heavy atom. The summed E-state index contributed by atoms with van der Waals surface area (Å²) in [6.07, 6.45) is 5.53. The van der Waals surface area contributed by atoms with Crippen molar-refractivity contribution in [2.24, 2.45) is 11.7 Å². The van der Waals surface area contributed by atoms with Gasteiger partial charge in [-0.15, -0.1) is 0 Å². The number of nitrogens with one attached hydrogen (secondary N) is 2. The normalized spacial score (nSPS) is 13.9. The van der Waals surface area contributed by atoms with E-state index in [0.717, 1.165) is 25.7 Å². The van der Waals surface area contributed by atoms with Crippen LogP contribution in [0.25, 0.3) is 0 Å². The van der Waals surface area contributed by atoms with Crippen LogP contribution in [0.4, 0.5) is 5.69 Å². The quantitative estimate of drug-likeness (QED) is 0.241. The van der Waals surface area contributed by atoms with Crippen molar-refractivity contribution in [1.29, 1.82) is 5.41 Å². The smallest absolute Gasteiger partial charge is 0.423 e. The minimum atomic E-state index is -1.60. The number of hydrogen-bond donors (Lipinski definition) is 5. The van der Waals surface area contributed by atoms with Crippen LogP contribution in [0.3, 0.4) is 0 Å². The summed E-state index contributed by atoms with van der Waals surface area (Å²) in [6.45, 7) is 0.411. The number of hydrogen-bond acceptors (Lipinski definition) is 5. The average molecular weight is 436 g/mol. The number of amides is 2. The van der Waals surface area contributed by atoms with Crippen molar-refractivity contribution in [2.45, 2.75) is 32.1 Å². The first kappa shape index (κ1) is 23.5. The molecule has 2 aromatic carbocycles. The van der Waals surface area contributed by atoms with Gasteiger partial charge in [-0.2, -0.15) is 0 Å². The molecule has 0 atom stereocenters. The topological polar surface area (TPSA) is 140 Å². The van der Waals surface area contributed by atoms with E-state index in [4.69, 9.17) is 11.1 Å². The molecule has 2 aromatic rings. The van der Waals surface area contributed by atoms with Crippen LogP contribution in [0.2, 0.25) is 0 Å². The maximum absolute atomic E-state index is 13.2. The Labute approximate surface area is 188 Å². The molecule has 1 saturated carbocycles. The van der Waals surface area contributed by atoms with Crippen molar-refractivity contribution in [3.05, 3.63) is 59.7 Å². The standard InChI is InChI=1S/C23H29BN4O4/c25-22(26)17-8-12-20(13-9-17)27-21(29)15-28(14-16-4-2-1-3-5-16)23(30)18-6-10-19(11-7-18)24(31)32/h6-13,16,31-32H,1-5,14-15H2,(H3,25,26)(H,27,29). The van der Waals surface area contributed by atoms with Gasteiger partial charge in [-0.25, -0.2) is 0 Å². The van der Waals surface area contributed by atoms with Crippen LogP contribution in [-0.4, -0.2) is 52.8 Å². The van der Waals surface area contributed by atoms with Crippen LogP contribution in [-0.2, 0) is 4.79 Å². The van der Waals surface area contributed by atoms with Gasteiger partial charge < -0.3 is 26.0 Å². The van der Waals surface area contributed by atoms with E-state index in [1.54, 1.807) is 41.3 Å². The molecule has 2 amide bonds. The molecule has 1 aliphatic rings. The molecule has 0 spiro atoms. The number of carbonyl (C=O) groups is 2. The summed E-state index contributed by atoms with van der Waals surface area (Å²) in [5.41, 5.74) is 7.27. The van der Waals surface area contributed by atoms with Crippen LogP contribution in [0.1, 0.15) is 48.0 Å². The highest BCUT2D eigenvalue weighted by atomic mass is 16.4. The molecule has 0 aliphatic heterocycles. The minimum Gasteiger partial charge on any atom is -0.423 e. The van der Waals surface area contributed by atoms with Crippen molar-refractivity contribution >= 4 is 35.9 Å². The van der Waals surface area contributed by atoms with Crippen molar-refractivity contribution < 1.29 is 19.6 Å². The number of anilines is 1. The predicted octanol–water partition coefficient (Wildman–Crippen LogP) is 1.31. The predicted molar refractivity (Wildman–Crippen MR) is 125 cm³/mol. The van der Waals surface area contributed by atoms with Gasteiger partial charge in [-0.1, -0.05) is 31.4 Å². The molecular formula is C23H29BN4O4. The summed E-state index contributed by atoms with van der Waals surface area (Å²) < 4.78 is 0. The second-order valence-electron chi connectivity index (χ2n) is 8.22. The van der Waals surface area contributed by atoms with Crippen LogP contribution >= 0.6 is 0 Å². The molecule has 9 heteroatoms. The lowest BCUT2D eigenvalue weighted by Crippen LogP contribution is -2.41. The Bertz CT molecular complexity index is 941. The van der Waals surface area contributed by atoms with Gasteiger partial charge in [0.1, 0.15) is 12.4 Å². The van der Waals surface area contributed by atoms with Gasteiger partial charge in [0.15, 0.2) is 0 Å². The molecule has 0 heterocycles. The van der Waals surface area contributed by atoms with Crippen LogP contribution < -0.4 is 16.5 Å². The van der Waals surface area contributed by atoms with Gasteiger partial charge in [-0.05, 0) is 60.6 Å². The summed E-state index contributed by atoms with van der Waals surface area (Å²) in [5, 5.41) is 28.8. The van der Waals surface area contributed by atoms with E-state index >= 15 is 0 Å². The van der Waals surface area contributed by atoms with Gasteiger partial charge in [0.05, 0.1) is 0 Å². The SMILES string of the molecule is N=C(N)c1ccc(NC(=O)CN(CC2CCCCC2)C(=O)c2ccc(B(O)O)cc2)cc1. The molecule has 168 valence electrons. The molecule has 0 radical (unpaired) electrons. The van der Waals surface area contributed by atoms with E-state index in [2.05, 4.69) is 5.32 Å². The number of nitrogens with zero attached hydrogens (tertiary/aromatic N) is 1. The summed E-state index contributed by atoms with van der Waals surface area (Å²) in [4.78, 5) is 27.5. The zero-order valence-electron chi connectivity index (χ0n) is 18.0. The van der Waals surface area contributed by atoms with Gasteiger partial charge in [0.25, 0.3) is 5.91 Å². The van der Waals surface area contributed by atoms with Crippen molar-refractivity contribution in [2.75, 3.05) is 18.4 Å². The second kappa shape index (κ2) is 10.9. The highest BCUT2D eigenvalue weighted by Crippen LogP contribution is 2.25. The van der Waals surface area contributed by atoms with Gasteiger partial charge in [0.2, 0.25) is 5.91 Å². The third-order valence-corrected chi connectivity index (χ3v) is 5.76. The first-order valence-corrected chi connectivity index (χ1v) is 10.8. The van der Waals surface area contributed by atoms with Crippen molar-refractivity contribution in [3.63, 3.8) is 0 Å².